The molecule has 108 valence electrons. The van der Waals surface area contributed by atoms with Crippen molar-refractivity contribution < 1.29 is 14.5 Å². The highest BCUT2D eigenvalue weighted by atomic mass is 16.6. The maximum atomic E-state index is 11.7. The predicted octanol–water partition coefficient (Wildman–Crippen LogP) is 1.50. The van der Waals surface area contributed by atoms with E-state index in [2.05, 4.69) is 20.0 Å². The van der Waals surface area contributed by atoms with E-state index >= 15 is 0 Å². The van der Waals surface area contributed by atoms with Gasteiger partial charge in [-0.2, -0.15) is 0 Å². The highest BCUT2D eigenvalue weighted by molar-refractivity contribution is 5.96. The van der Waals surface area contributed by atoms with Crippen molar-refractivity contribution in [1.82, 2.24) is 9.97 Å². The van der Waals surface area contributed by atoms with Gasteiger partial charge in [0.2, 0.25) is 11.6 Å². The predicted molar refractivity (Wildman–Crippen MR) is 74.2 cm³/mol. The molecule has 0 aliphatic rings. The van der Waals surface area contributed by atoms with Gasteiger partial charge in [-0.1, -0.05) is 12.1 Å². The molecule has 9 heteroatoms. The fraction of sp³-hybridized carbons (Fsp3) is 0.0833. The van der Waals surface area contributed by atoms with Gasteiger partial charge in [-0.15, -0.1) is 0 Å². The molecule has 0 bridgehead atoms. The van der Waals surface area contributed by atoms with Gasteiger partial charge < -0.3 is 15.8 Å². The standard InChI is InChI=1S/C12H11N5O4/c1-21-12(18)7-4-2-3-5-8(7)16-11-9(17(19)20)10(13)14-6-15-11/h2-6H,1H3,(H3,13,14,15,16). The monoisotopic (exact) mass is 289 g/mol. The van der Waals surface area contributed by atoms with Gasteiger partial charge in [0.25, 0.3) is 0 Å². The van der Waals surface area contributed by atoms with Crippen molar-refractivity contribution >= 4 is 29.0 Å². The number of esters is 1. The second kappa shape index (κ2) is 5.82. The first-order valence-corrected chi connectivity index (χ1v) is 5.73. The third-order valence-electron chi connectivity index (χ3n) is 2.62. The maximum Gasteiger partial charge on any atom is 0.353 e. The third kappa shape index (κ3) is 2.86. The van der Waals surface area contributed by atoms with Crippen molar-refractivity contribution in [3.8, 4) is 0 Å². The summed E-state index contributed by atoms with van der Waals surface area (Å²) in [5, 5.41) is 13.7. The number of carbonyl (C=O) groups excluding carboxylic acids is 1. The number of hydrogen-bond donors (Lipinski definition) is 2. The van der Waals surface area contributed by atoms with Crippen LogP contribution in [0, 0.1) is 10.1 Å². The minimum absolute atomic E-state index is 0.108. The summed E-state index contributed by atoms with van der Waals surface area (Å²) >= 11 is 0. The van der Waals surface area contributed by atoms with E-state index in [9.17, 15) is 14.9 Å². The Morgan fingerprint density at radius 1 is 1.38 bits per heavy atom. The van der Waals surface area contributed by atoms with Crippen molar-refractivity contribution in [1.29, 1.82) is 0 Å². The van der Waals surface area contributed by atoms with Crippen LogP contribution in [-0.4, -0.2) is 28.0 Å². The lowest BCUT2D eigenvalue weighted by atomic mass is 10.2. The molecule has 0 unspecified atom stereocenters. The molecule has 0 saturated heterocycles. The molecule has 1 aromatic heterocycles. The van der Waals surface area contributed by atoms with Gasteiger partial charge in [-0.25, -0.2) is 14.8 Å². The minimum Gasteiger partial charge on any atom is -0.465 e. The van der Waals surface area contributed by atoms with E-state index in [1.165, 1.54) is 13.2 Å². The van der Waals surface area contributed by atoms with Gasteiger partial charge in [0.15, 0.2) is 0 Å². The van der Waals surface area contributed by atoms with Gasteiger partial charge in [0.05, 0.1) is 23.3 Å². The average Bonchev–Trinajstić information content (AvgIpc) is 2.46. The molecule has 9 nitrogen and oxygen atoms in total. The summed E-state index contributed by atoms with van der Waals surface area (Å²) in [6.45, 7) is 0. The van der Waals surface area contributed by atoms with Crippen LogP contribution in [0.1, 0.15) is 10.4 Å². The van der Waals surface area contributed by atoms with Crippen molar-refractivity contribution in [3.05, 3.63) is 46.3 Å². The number of para-hydroxylation sites is 1. The molecule has 2 aromatic rings. The van der Waals surface area contributed by atoms with Crippen LogP contribution in [0.2, 0.25) is 0 Å². The molecule has 21 heavy (non-hydrogen) atoms. The lowest BCUT2D eigenvalue weighted by Gasteiger charge is -2.10. The fourth-order valence-electron chi connectivity index (χ4n) is 1.67. The second-order valence-corrected chi connectivity index (χ2v) is 3.88. The number of hydrogen-bond acceptors (Lipinski definition) is 8. The molecule has 0 radical (unpaired) electrons. The quantitative estimate of drug-likeness (QED) is 0.491. The highest BCUT2D eigenvalue weighted by Gasteiger charge is 2.22. The smallest absolute Gasteiger partial charge is 0.353 e. The number of methoxy groups -OCH3 is 1. The van der Waals surface area contributed by atoms with Crippen LogP contribution in [0.15, 0.2) is 30.6 Å². The zero-order valence-corrected chi connectivity index (χ0v) is 10.9. The summed E-state index contributed by atoms with van der Waals surface area (Å²) < 4.78 is 4.65. The molecule has 1 aromatic carbocycles. The molecule has 3 N–H and O–H groups in total. The first-order valence-electron chi connectivity index (χ1n) is 5.73. The molecular weight excluding hydrogens is 278 g/mol. The fourth-order valence-corrected chi connectivity index (χ4v) is 1.67. The van der Waals surface area contributed by atoms with Crippen LogP contribution in [-0.2, 0) is 4.74 Å². The Kier molecular flexibility index (Phi) is 3.93. The Morgan fingerprint density at radius 3 is 2.76 bits per heavy atom. The summed E-state index contributed by atoms with van der Waals surface area (Å²) in [7, 11) is 1.24. The lowest BCUT2D eigenvalue weighted by Crippen LogP contribution is -2.08. The summed E-state index contributed by atoms with van der Waals surface area (Å²) in [5.41, 5.74) is 5.54. The number of nitrogens with one attached hydrogen (secondary N) is 1. The van der Waals surface area contributed by atoms with Gasteiger partial charge >= 0.3 is 11.7 Å². The van der Waals surface area contributed by atoms with E-state index in [0.717, 1.165) is 6.33 Å². The molecule has 0 atom stereocenters. The topological polar surface area (TPSA) is 133 Å². The number of nitrogen functional groups attached to an aromatic ring is 1. The number of anilines is 3. The molecule has 0 amide bonds. The third-order valence-corrected chi connectivity index (χ3v) is 2.62. The van der Waals surface area contributed by atoms with Crippen LogP contribution in [0.5, 0.6) is 0 Å². The second-order valence-electron chi connectivity index (χ2n) is 3.88. The Labute approximate surface area is 118 Å². The molecule has 2 rings (SSSR count). The molecule has 0 saturated carbocycles. The normalized spacial score (nSPS) is 9.95. The number of benzene rings is 1. The van der Waals surface area contributed by atoms with Gasteiger partial charge in [-0.05, 0) is 12.1 Å². The minimum atomic E-state index is -0.696. The zero-order chi connectivity index (χ0) is 15.4. The Morgan fingerprint density at radius 2 is 2.10 bits per heavy atom. The van der Waals surface area contributed by atoms with Crippen LogP contribution >= 0.6 is 0 Å². The van der Waals surface area contributed by atoms with Crippen molar-refractivity contribution in [2.45, 2.75) is 0 Å². The largest absolute Gasteiger partial charge is 0.465 e. The average molecular weight is 289 g/mol. The van der Waals surface area contributed by atoms with E-state index in [-0.39, 0.29) is 17.2 Å². The molecule has 0 spiro atoms. The number of rotatable bonds is 4. The van der Waals surface area contributed by atoms with Crippen LogP contribution < -0.4 is 11.1 Å². The van der Waals surface area contributed by atoms with Crippen molar-refractivity contribution in [3.63, 3.8) is 0 Å². The van der Waals surface area contributed by atoms with E-state index in [1.807, 2.05) is 0 Å². The van der Waals surface area contributed by atoms with E-state index in [4.69, 9.17) is 5.73 Å². The number of carbonyl (C=O) groups is 1. The Hall–Kier alpha value is -3.23. The molecule has 0 fully saturated rings. The Balaban J connectivity index is 2.47. The van der Waals surface area contributed by atoms with Crippen LogP contribution in [0.4, 0.5) is 23.0 Å². The van der Waals surface area contributed by atoms with E-state index in [1.54, 1.807) is 18.2 Å². The number of aromatic nitrogens is 2. The summed E-state index contributed by atoms with van der Waals surface area (Å²) in [5.74, 6) is -0.959. The van der Waals surface area contributed by atoms with Crippen LogP contribution in [0.25, 0.3) is 0 Å². The number of nitrogens with zero attached hydrogens (tertiary/aromatic N) is 3. The van der Waals surface area contributed by atoms with Gasteiger partial charge in [-0.3, -0.25) is 10.1 Å². The molecule has 0 aliphatic carbocycles. The number of ether oxygens (including phenoxy) is 1. The first kappa shape index (κ1) is 14.2. The maximum absolute atomic E-state index is 11.7. The van der Waals surface area contributed by atoms with E-state index < -0.39 is 16.6 Å². The van der Waals surface area contributed by atoms with Crippen molar-refractivity contribution in [2.24, 2.45) is 0 Å². The molecular formula is C12H11N5O4. The summed E-state index contributed by atoms with van der Waals surface area (Å²) in [6.07, 6.45) is 1.09. The molecule has 0 aliphatic heterocycles. The van der Waals surface area contributed by atoms with Gasteiger partial charge in [0, 0.05) is 0 Å². The lowest BCUT2D eigenvalue weighted by molar-refractivity contribution is -0.383. The first-order chi connectivity index (χ1) is 10.0. The summed E-state index contributed by atoms with van der Waals surface area (Å²) in [4.78, 5) is 29.3. The highest BCUT2D eigenvalue weighted by Crippen LogP contribution is 2.30. The summed E-state index contributed by atoms with van der Waals surface area (Å²) in [6, 6.07) is 6.38. The zero-order valence-electron chi connectivity index (χ0n) is 10.9. The van der Waals surface area contributed by atoms with E-state index in [0.29, 0.717) is 5.69 Å². The SMILES string of the molecule is COC(=O)c1ccccc1Nc1ncnc(N)c1[N+](=O)[O-]. The van der Waals surface area contributed by atoms with Crippen LogP contribution in [0.3, 0.4) is 0 Å². The number of nitrogens with two attached hydrogens (primary N) is 1. The Bertz CT molecular complexity index is 704. The van der Waals surface area contributed by atoms with Crippen molar-refractivity contribution in [2.75, 3.05) is 18.2 Å². The van der Waals surface area contributed by atoms with Gasteiger partial charge in [0.1, 0.15) is 6.33 Å². The molecule has 1 heterocycles. The number of nitro groups is 1.